The molecule has 4 rings (SSSR count). The highest BCUT2D eigenvalue weighted by atomic mass is 16.5. The minimum atomic E-state index is -0.158. The number of carbonyl (C=O) groups is 1. The number of carbonyl (C=O) groups excluding carboxylic acids is 1. The number of fused-ring (bicyclic) bond motifs is 1. The van der Waals surface area contributed by atoms with Crippen molar-refractivity contribution in [3.63, 3.8) is 0 Å². The molecule has 1 saturated heterocycles. The molecule has 2 aliphatic heterocycles. The van der Waals surface area contributed by atoms with E-state index in [-0.39, 0.29) is 17.3 Å². The SMILES string of the molecule is CCOc1ccccc1/C=C1\Oc2c(ccc(O)c2C[NH+]2CCCC[C@@H]2C)C1=O. The van der Waals surface area contributed by atoms with E-state index >= 15 is 0 Å². The number of rotatable bonds is 5. The van der Waals surface area contributed by atoms with Crippen molar-refractivity contribution in [3.05, 3.63) is 58.8 Å². The Morgan fingerprint density at radius 3 is 2.86 bits per heavy atom. The number of quaternary nitrogens is 1. The number of ketones is 1. The summed E-state index contributed by atoms with van der Waals surface area (Å²) in [7, 11) is 0. The zero-order valence-corrected chi connectivity index (χ0v) is 17.0. The van der Waals surface area contributed by atoms with Gasteiger partial charge in [0, 0.05) is 5.56 Å². The Bertz CT molecular complexity index is 950. The molecule has 2 atom stereocenters. The standard InChI is InChI=1S/C24H27NO4/c1-3-28-21-10-5-4-9-17(21)14-22-23(27)18-11-12-20(26)19(24(18)29-22)15-25-13-7-6-8-16(25)2/h4-5,9-12,14,16,26H,3,6-8,13,15H2,1-2H3/p+1/b22-14-/t16-/m0/s1. The Balaban J connectivity index is 1.66. The van der Waals surface area contributed by atoms with Crippen molar-refractivity contribution in [2.24, 2.45) is 0 Å². The maximum absolute atomic E-state index is 13.0. The lowest BCUT2D eigenvalue weighted by molar-refractivity contribution is -0.941. The van der Waals surface area contributed by atoms with Crippen LogP contribution in [0.1, 0.15) is 54.6 Å². The summed E-state index contributed by atoms with van der Waals surface area (Å²) in [4.78, 5) is 14.4. The number of allylic oxidation sites excluding steroid dienone is 1. The van der Waals surface area contributed by atoms with Gasteiger partial charge in [0.05, 0.1) is 30.3 Å². The number of aromatic hydroxyl groups is 1. The second-order valence-electron chi connectivity index (χ2n) is 7.83. The lowest BCUT2D eigenvalue weighted by Crippen LogP contribution is -3.14. The molecule has 2 aromatic carbocycles. The van der Waals surface area contributed by atoms with Gasteiger partial charge in [-0.2, -0.15) is 0 Å². The van der Waals surface area contributed by atoms with E-state index in [4.69, 9.17) is 9.47 Å². The highest BCUT2D eigenvalue weighted by Gasteiger charge is 2.34. The first-order chi connectivity index (χ1) is 14.1. The van der Waals surface area contributed by atoms with Crippen LogP contribution >= 0.6 is 0 Å². The van der Waals surface area contributed by atoms with Crippen LogP contribution in [0.2, 0.25) is 0 Å². The fourth-order valence-electron chi connectivity index (χ4n) is 4.24. The van der Waals surface area contributed by atoms with Gasteiger partial charge in [0.15, 0.2) is 11.5 Å². The molecular weight excluding hydrogens is 366 g/mol. The highest BCUT2D eigenvalue weighted by molar-refractivity contribution is 6.15. The molecule has 0 bridgehead atoms. The van der Waals surface area contributed by atoms with E-state index in [1.54, 1.807) is 18.2 Å². The smallest absolute Gasteiger partial charge is 0.231 e. The largest absolute Gasteiger partial charge is 0.507 e. The van der Waals surface area contributed by atoms with E-state index in [1.165, 1.54) is 24.2 Å². The van der Waals surface area contributed by atoms with Gasteiger partial charge in [0.25, 0.3) is 0 Å². The molecule has 2 aromatic rings. The van der Waals surface area contributed by atoms with Crippen LogP contribution in [0.4, 0.5) is 0 Å². The van der Waals surface area contributed by atoms with Crippen LogP contribution in [0.3, 0.4) is 0 Å². The minimum absolute atomic E-state index is 0.158. The maximum atomic E-state index is 13.0. The van der Waals surface area contributed by atoms with Crippen molar-refractivity contribution in [3.8, 4) is 17.2 Å². The number of phenols is 1. The van der Waals surface area contributed by atoms with E-state index in [0.717, 1.165) is 17.7 Å². The first-order valence-corrected chi connectivity index (χ1v) is 10.4. The third kappa shape index (κ3) is 3.87. The van der Waals surface area contributed by atoms with E-state index < -0.39 is 0 Å². The van der Waals surface area contributed by atoms with Crippen LogP contribution < -0.4 is 14.4 Å². The average Bonchev–Trinajstić information content (AvgIpc) is 3.03. The first kappa shape index (κ1) is 19.5. The van der Waals surface area contributed by atoms with Gasteiger partial charge in [0.2, 0.25) is 5.78 Å². The third-order valence-electron chi connectivity index (χ3n) is 5.91. The molecule has 152 valence electrons. The van der Waals surface area contributed by atoms with Crippen molar-refractivity contribution in [2.45, 2.75) is 45.7 Å². The van der Waals surface area contributed by atoms with Crippen LogP contribution in [-0.4, -0.2) is 30.1 Å². The monoisotopic (exact) mass is 394 g/mol. The van der Waals surface area contributed by atoms with Gasteiger partial charge in [-0.25, -0.2) is 0 Å². The topological polar surface area (TPSA) is 60.2 Å². The second kappa shape index (κ2) is 8.29. The number of benzene rings is 2. The number of ether oxygens (including phenoxy) is 2. The lowest BCUT2D eigenvalue weighted by Gasteiger charge is -2.30. The molecule has 1 fully saturated rings. The van der Waals surface area contributed by atoms with Crippen molar-refractivity contribution >= 4 is 11.9 Å². The molecule has 0 aromatic heterocycles. The number of piperidine rings is 1. The van der Waals surface area contributed by atoms with Crippen LogP contribution in [0.25, 0.3) is 6.08 Å². The van der Waals surface area contributed by atoms with Crippen molar-refractivity contribution < 1.29 is 24.3 Å². The van der Waals surface area contributed by atoms with E-state index in [2.05, 4.69) is 6.92 Å². The number of likely N-dealkylation sites (tertiary alicyclic amines) is 1. The molecule has 2 aliphatic rings. The predicted octanol–water partition coefficient (Wildman–Crippen LogP) is 3.36. The fourth-order valence-corrected chi connectivity index (χ4v) is 4.24. The summed E-state index contributed by atoms with van der Waals surface area (Å²) < 4.78 is 11.7. The summed E-state index contributed by atoms with van der Waals surface area (Å²) in [6.45, 7) is 6.45. The molecule has 1 unspecified atom stereocenters. The molecule has 2 N–H and O–H groups in total. The van der Waals surface area contributed by atoms with Crippen molar-refractivity contribution in [1.29, 1.82) is 0 Å². The summed E-state index contributed by atoms with van der Waals surface area (Å²) in [6.07, 6.45) is 5.36. The Hall–Kier alpha value is -2.79. The molecule has 29 heavy (non-hydrogen) atoms. The Morgan fingerprint density at radius 1 is 1.24 bits per heavy atom. The van der Waals surface area contributed by atoms with Gasteiger partial charge >= 0.3 is 0 Å². The average molecular weight is 394 g/mol. The van der Waals surface area contributed by atoms with Crippen LogP contribution in [0.5, 0.6) is 17.2 Å². The molecule has 0 spiro atoms. The zero-order valence-electron chi connectivity index (χ0n) is 17.0. The van der Waals surface area contributed by atoms with E-state index in [9.17, 15) is 9.90 Å². The summed E-state index contributed by atoms with van der Waals surface area (Å²) in [5, 5.41) is 10.5. The summed E-state index contributed by atoms with van der Waals surface area (Å²) >= 11 is 0. The quantitative estimate of drug-likeness (QED) is 0.764. The number of hydrogen-bond donors (Lipinski definition) is 2. The second-order valence-corrected chi connectivity index (χ2v) is 7.83. The predicted molar refractivity (Wildman–Crippen MR) is 112 cm³/mol. The van der Waals surface area contributed by atoms with Crippen LogP contribution in [-0.2, 0) is 6.54 Å². The molecule has 0 radical (unpaired) electrons. The Labute approximate surface area is 171 Å². The lowest BCUT2D eigenvalue weighted by atomic mass is 10.0. The van der Waals surface area contributed by atoms with Gasteiger partial charge < -0.3 is 19.5 Å². The van der Waals surface area contributed by atoms with Gasteiger partial charge in [-0.1, -0.05) is 18.2 Å². The Kier molecular flexibility index (Phi) is 5.58. The summed E-state index contributed by atoms with van der Waals surface area (Å²) in [5.74, 6) is 1.51. The molecule has 0 aliphatic carbocycles. The van der Waals surface area contributed by atoms with Gasteiger partial charge in [-0.05, 0) is 57.4 Å². The highest BCUT2D eigenvalue weighted by Crippen LogP contribution is 2.39. The Morgan fingerprint density at radius 2 is 2.07 bits per heavy atom. The third-order valence-corrected chi connectivity index (χ3v) is 5.91. The van der Waals surface area contributed by atoms with Crippen LogP contribution in [0, 0.1) is 0 Å². The molecular formula is C24H28NO4+. The maximum Gasteiger partial charge on any atom is 0.231 e. The fraction of sp³-hybridized carbons (Fsp3) is 0.375. The summed E-state index contributed by atoms with van der Waals surface area (Å²) in [5.41, 5.74) is 2.04. The number of nitrogens with one attached hydrogen (secondary N) is 1. The van der Waals surface area contributed by atoms with E-state index in [0.29, 0.717) is 36.3 Å². The summed E-state index contributed by atoms with van der Waals surface area (Å²) in [6, 6.07) is 11.4. The number of para-hydroxylation sites is 1. The normalized spacial score (nSPS) is 22.4. The number of hydrogen-bond acceptors (Lipinski definition) is 4. The first-order valence-electron chi connectivity index (χ1n) is 10.4. The number of phenolic OH excluding ortho intramolecular Hbond substituents is 1. The molecule has 2 heterocycles. The minimum Gasteiger partial charge on any atom is -0.507 e. The van der Waals surface area contributed by atoms with Gasteiger partial charge in [-0.15, -0.1) is 0 Å². The van der Waals surface area contributed by atoms with Crippen molar-refractivity contribution in [2.75, 3.05) is 13.2 Å². The zero-order chi connectivity index (χ0) is 20.4. The van der Waals surface area contributed by atoms with E-state index in [1.807, 2.05) is 31.2 Å². The molecule has 0 saturated carbocycles. The van der Waals surface area contributed by atoms with Crippen LogP contribution in [0.15, 0.2) is 42.2 Å². The van der Waals surface area contributed by atoms with Gasteiger partial charge in [0.1, 0.15) is 18.0 Å². The van der Waals surface area contributed by atoms with Gasteiger partial charge in [-0.3, -0.25) is 4.79 Å². The number of Topliss-reactive ketones (excluding diaryl/α,β-unsaturated/α-hetero) is 1. The van der Waals surface area contributed by atoms with Crippen molar-refractivity contribution in [1.82, 2.24) is 0 Å². The molecule has 0 amide bonds. The molecule has 5 heteroatoms. The molecule has 5 nitrogen and oxygen atoms in total.